The third-order valence-corrected chi connectivity index (χ3v) is 6.64. The Morgan fingerprint density at radius 2 is 1.69 bits per heavy atom. The van der Waals surface area contributed by atoms with E-state index in [-0.39, 0.29) is 24.4 Å². The molecule has 1 saturated heterocycles. The molecule has 8 nitrogen and oxygen atoms in total. The number of fused-ring (bicyclic) bond motifs is 1. The number of hydrogen-bond donors (Lipinski definition) is 4. The van der Waals surface area contributed by atoms with E-state index in [1.54, 1.807) is 13.8 Å². The van der Waals surface area contributed by atoms with Crippen LogP contribution in [0.2, 0.25) is 0 Å². The lowest BCUT2D eigenvalue weighted by Crippen LogP contribution is -2.54. The van der Waals surface area contributed by atoms with E-state index in [0.717, 1.165) is 32.0 Å². The number of benzene rings is 2. The van der Waals surface area contributed by atoms with Gasteiger partial charge in [0.05, 0.1) is 6.04 Å². The van der Waals surface area contributed by atoms with Crippen LogP contribution in [0.25, 0.3) is 10.8 Å². The third kappa shape index (κ3) is 7.37. The Labute approximate surface area is 206 Å². The molecule has 0 saturated carbocycles. The topological polar surface area (TPSA) is 111 Å². The fourth-order valence-corrected chi connectivity index (χ4v) is 4.57. The van der Waals surface area contributed by atoms with E-state index in [1.165, 1.54) is 22.4 Å². The molecule has 2 aromatic carbocycles. The van der Waals surface area contributed by atoms with E-state index in [2.05, 4.69) is 70.2 Å². The lowest BCUT2D eigenvalue weighted by molar-refractivity contribution is -0.131. The molecule has 0 aromatic heterocycles. The van der Waals surface area contributed by atoms with Crippen molar-refractivity contribution in [3.05, 3.63) is 60.2 Å². The summed E-state index contributed by atoms with van der Waals surface area (Å²) in [4.78, 5) is 37.6. The number of nitrogens with one attached hydrogen (secondary N) is 3. The van der Waals surface area contributed by atoms with Gasteiger partial charge in [-0.05, 0) is 49.9 Å². The van der Waals surface area contributed by atoms with Crippen LogP contribution < -0.4 is 16.0 Å². The van der Waals surface area contributed by atoms with Crippen molar-refractivity contribution in [3.63, 3.8) is 0 Å². The molecule has 0 aliphatic carbocycles. The monoisotopic (exact) mass is 480 g/mol. The summed E-state index contributed by atoms with van der Waals surface area (Å²) in [5.41, 5.74) is 1.34. The first kappa shape index (κ1) is 26.4. The van der Waals surface area contributed by atoms with Gasteiger partial charge in [-0.15, -0.1) is 0 Å². The van der Waals surface area contributed by atoms with Gasteiger partial charge in [-0.25, -0.2) is 4.79 Å². The molecule has 0 spiro atoms. The zero-order valence-corrected chi connectivity index (χ0v) is 20.7. The number of nitrogens with zero attached hydrogens (tertiary/aromatic N) is 1. The van der Waals surface area contributed by atoms with E-state index in [4.69, 9.17) is 5.11 Å². The van der Waals surface area contributed by atoms with Crippen molar-refractivity contribution in [2.75, 3.05) is 19.6 Å². The second kappa shape index (κ2) is 12.5. The molecule has 3 rings (SSSR count). The van der Waals surface area contributed by atoms with Gasteiger partial charge in [0, 0.05) is 37.8 Å². The Kier molecular flexibility index (Phi) is 9.39. The Balaban J connectivity index is 1.44. The molecule has 2 amide bonds. The van der Waals surface area contributed by atoms with Crippen molar-refractivity contribution in [2.24, 2.45) is 0 Å². The van der Waals surface area contributed by atoms with Crippen molar-refractivity contribution in [1.29, 1.82) is 0 Å². The Morgan fingerprint density at radius 3 is 2.40 bits per heavy atom. The van der Waals surface area contributed by atoms with Crippen LogP contribution in [0.5, 0.6) is 0 Å². The van der Waals surface area contributed by atoms with E-state index in [9.17, 15) is 14.4 Å². The molecular weight excluding hydrogens is 444 g/mol. The molecule has 8 heteroatoms. The maximum Gasteiger partial charge on any atom is 0.328 e. The van der Waals surface area contributed by atoms with Crippen molar-refractivity contribution >= 4 is 28.6 Å². The predicted octanol–water partition coefficient (Wildman–Crippen LogP) is 2.60. The summed E-state index contributed by atoms with van der Waals surface area (Å²) in [7, 11) is 0. The van der Waals surface area contributed by atoms with Crippen LogP contribution in [0.3, 0.4) is 0 Å². The standard InChI is InChI=1S/C27H36N4O4/c1-18(26(34)28-15-7-12-25(32)33)30-27(35)19(2)29-22-13-16-31(17-14-22)20(3)23-11-6-9-21-8-4-5-10-24(21)23/h4-12,18-20,22,29H,13-17H2,1-3H3,(H,28,34)(H,30,35)(H,32,33)/b12-7+/t18?,19?,20-/m1/s1. The highest BCUT2D eigenvalue weighted by Gasteiger charge is 2.27. The average Bonchev–Trinajstić information content (AvgIpc) is 2.86. The number of carboxylic acid groups (broad SMARTS) is 1. The minimum absolute atomic E-state index is 0.0922. The normalized spacial score (nSPS) is 17.7. The maximum atomic E-state index is 12.6. The summed E-state index contributed by atoms with van der Waals surface area (Å²) < 4.78 is 0. The molecular formula is C27H36N4O4. The third-order valence-electron chi connectivity index (χ3n) is 6.64. The molecule has 2 unspecified atom stereocenters. The number of likely N-dealkylation sites (tertiary alicyclic amines) is 1. The van der Waals surface area contributed by atoms with Crippen LogP contribution >= 0.6 is 0 Å². The number of carbonyl (C=O) groups excluding carboxylic acids is 2. The van der Waals surface area contributed by atoms with Crippen LogP contribution in [0.4, 0.5) is 0 Å². The average molecular weight is 481 g/mol. The molecule has 35 heavy (non-hydrogen) atoms. The lowest BCUT2D eigenvalue weighted by atomic mass is 9.96. The predicted molar refractivity (Wildman–Crippen MR) is 137 cm³/mol. The van der Waals surface area contributed by atoms with Gasteiger partial charge in [-0.1, -0.05) is 48.5 Å². The first-order valence-electron chi connectivity index (χ1n) is 12.2. The van der Waals surface area contributed by atoms with Gasteiger partial charge >= 0.3 is 5.97 Å². The number of hydrogen-bond acceptors (Lipinski definition) is 5. The largest absolute Gasteiger partial charge is 0.478 e. The van der Waals surface area contributed by atoms with Gasteiger partial charge in [0.15, 0.2) is 0 Å². The van der Waals surface area contributed by atoms with Crippen molar-refractivity contribution in [1.82, 2.24) is 20.9 Å². The van der Waals surface area contributed by atoms with E-state index < -0.39 is 18.1 Å². The molecule has 0 radical (unpaired) electrons. The minimum Gasteiger partial charge on any atom is -0.478 e. The Hall–Kier alpha value is -3.23. The second-order valence-corrected chi connectivity index (χ2v) is 9.16. The van der Waals surface area contributed by atoms with Gasteiger partial charge in [0.2, 0.25) is 11.8 Å². The second-order valence-electron chi connectivity index (χ2n) is 9.16. The summed E-state index contributed by atoms with van der Waals surface area (Å²) in [6, 6.07) is 14.4. The molecule has 1 fully saturated rings. The van der Waals surface area contributed by atoms with Crippen LogP contribution in [-0.2, 0) is 14.4 Å². The fraction of sp³-hybridized carbons (Fsp3) is 0.444. The zero-order valence-electron chi connectivity index (χ0n) is 20.7. The molecule has 3 atom stereocenters. The molecule has 2 aromatic rings. The quantitative estimate of drug-likeness (QED) is 0.389. The SMILES string of the molecule is CC(NC(=O)C(C)NC1CCN([C@H](C)c2cccc3ccccc23)CC1)C(=O)NC/C=C/C(=O)O. The number of amides is 2. The van der Waals surface area contributed by atoms with Crippen molar-refractivity contribution in [3.8, 4) is 0 Å². The number of aliphatic carboxylic acids is 1. The highest BCUT2D eigenvalue weighted by atomic mass is 16.4. The van der Waals surface area contributed by atoms with E-state index in [1.807, 2.05) is 0 Å². The zero-order chi connectivity index (χ0) is 25.4. The van der Waals surface area contributed by atoms with E-state index in [0.29, 0.717) is 6.04 Å². The van der Waals surface area contributed by atoms with Gasteiger partial charge in [0.25, 0.3) is 0 Å². The van der Waals surface area contributed by atoms with Crippen molar-refractivity contribution < 1.29 is 19.5 Å². The summed E-state index contributed by atoms with van der Waals surface area (Å²) in [6.45, 7) is 7.65. The van der Waals surface area contributed by atoms with Gasteiger partial charge in [-0.2, -0.15) is 0 Å². The van der Waals surface area contributed by atoms with Gasteiger partial charge in [0.1, 0.15) is 6.04 Å². The number of rotatable bonds is 10. The first-order valence-corrected chi connectivity index (χ1v) is 12.2. The maximum absolute atomic E-state index is 12.6. The molecule has 188 valence electrons. The lowest BCUT2D eigenvalue weighted by Gasteiger charge is -2.37. The Morgan fingerprint density at radius 1 is 1.00 bits per heavy atom. The van der Waals surface area contributed by atoms with Gasteiger partial charge in [-0.3, -0.25) is 14.5 Å². The van der Waals surface area contributed by atoms with Crippen LogP contribution in [0.15, 0.2) is 54.6 Å². The highest BCUT2D eigenvalue weighted by molar-refractivity contribution is 5.89. The molecule has 1 heterocycles. The Bertz CT molecular complexity index is 1060. The number of piperidine rings is 1. The van der Waals surface area contributed by atoms with Crippen LogP contribution in [0.1, 0.15) is 45.2 Å². The van der Waals surface area contributed by atoms with Gasteiger partial charge < -0.3 is 21.1 Å². The van der Waals surface area contributed by atoms with Crippen molar-refractivity contribution in [2.45, 2.75) is 57.8 Å². The number of carbonyl (C=O) groups is 3. The molecule has 0 bridgehead atoms. The number of carboxylic acids is 1. The van der Waals surface area contributed by atoms with Crippen LogP contribution in [0, 0.1) is 0 Å². The van der Waals surface area contributed by atoms with E-state index >= 15 is 0 Å². The molecule has 1 aliphatic heterocycles. The fourth-order valence-electron chi connectivity index (χ4n) is 4.57. The summed E-state index contributed by atoms with van der Waals surface area (Å²) >= 11 is 0. The summed E-state index contributed by atoms with van der Waals surface area (Å²) in [5.74, 6) is -1.68. The highest BCUT2D eigenvalue weighted by Crippen LogP contribution is 2.30. The smallest absolute Gasteiger partial charge is 0.328 e. The molecule has 1 aliphatic rings. The summed E-state index contributed by atoms with van der Waals surface area (Å²) in [5, 5.41) is 19.8. The van der Waals surface area contributed by atoms with Crippen LogP contribution in [-0.4, -0.2) is 65.5 Å². The summed E-state index contributed by atoms with van der Waals surface area (Å²) in [6.07, 6.45) is 4.19. The minimum atomic E-state index is -1.07. The molecule has 4 N–H and O–H groups in total. The first-order chi connectivity index (χ1) is 16.8.